The maximum atomic E-state index is 6.61. The van der Waals surface area contributed by atoms with Crippen LogP contribution in [0.15, 0.2) is 167 Å². The number of nitrogens with zero attached hydrogens (tertiary/aromatic N) is 3. The van der Waals surface area contributed by atoms with Gasteiger partial charge in [-0.15, -0.1) is 11.3 Å². The van der Waals surface area contributed by atoms with Crippen LogP contribution >= 0.6 is 11.3 Å². The largest absolute Gasteiger partial charge is 0.456 e. The molecule has 0 saturated carbocycles. The highest BCUT2D eigenvalue weighted by atomic mass is 32.1. The molecule has 6 heteroatoms. The van der Waals surface area contributed by atoms with Crippen LogP contribution in [0.4, 0.5) is 5.69 Å². The van der Waals surface area contributed by atoms with Crippen LogP contribution in [0.25, 0.3) is 65.9 Å². The Kier molecular flexibility index (Phi) is 7.48. The fraction of sp³-hybridized carbons (Fsp3) is 0.0227. The van der Waals surface area contributed by atoms with Crippen molar-refractivity contribution in [3.63, 3.8) is 0 Å². The molecule has 0 unspecified atom stereocenters. The van der Waals surface area contributed by atoms with Gasteiger partial charge in [0.05, 0.1) is 17.1 Å². The summed E-state index contributed by atoms with van der Waals surface area (Å²) in [5.74, 6) is 1.17. The molecule has 0 bridgehead atoms. The third-order valence-electron chi connectivity index (χ3n) is 9.00. The third-order valence-corrected chi connectivity index (χ3v) is 10.2. The first-order valence-corrected chi connectivity index (χ1v) is 17.3. The molecule has 0 saturated heterocycles. The number of fused-ring (bicyclic) bond motifs is 4. The number of amidine groups is 1. The summed E-state index contributed by atoms with van der Waals surface area (Å²) in [5, 5.41) is 3.20. The van der Waals surface area contributed by atoms with Gasteiger partial charge in [-0.25, -0.2) is 15.0 Å². The third kappa shape index (κ3) is 5.42. The van der Waals surface area contributed by atoms with E-state index in [9.17, 15) is 0 Å². The molecule has 50 heavy (non-hydrogen) atoms. The molecule has 0 spiro atoms. The summed E-state index contributed by atoms with van der Waals surface area (Å²) in [6.45, 7) is 0. The van der Waals surface area contributed by atoms with Crippen molar-refractivity contribution in [3.8, 4) is 33.9 Å². The molecule has 9 aromatic rings. The first-order valence-electron chi connectivity index (χ1n) is 16.5. The van der Waals surface area contributed by atoms with Crippen molar-refractivity contribution in [1.82, 2.24) is 9.97 Å². The van der Waals surface area contributed by atoms with E-state index in [1.807, 2.05) is 84.9 Å². The summed E-state index contributed by atoms with van der Waals surface area (Å²) in [4.78, 5) is 16.4. The molecule has 6 aromatic carbocycles. The van der Waals surface area contributed by atoms with E-state index < -0.39 is 0 Å². The van der Waals surface area contributed by atoms with E-state index in [2.05, 4.69) is 72.8 Å². The number of hydrogen-bond donors (Lipinski definition) is 1. The lowest BCUT2D eigenvalue weighted by atomic mass is 9.97. The number of aliphatic imine (C=N–C) groups is 1. The summed E-state index contributed by atoms with van der Waals surface area (Å²) in [6, 6.07) is 53.4. The fourth-order valence-electron chi connectivity index (χ4n) is 6.65. The van der Waals surface area contributed by atoms with Gasteiger partial charge in [0.25, 0.3) is 0 Å². The molecule has 2 N–H and O–H groups in total. The summed E-state index contributed by atoms with van der Waals surface area (Å²) in [5.41, 5.74) is 15.9. The van der Waals surface area contributed by atoms with E-state index in [-0.39, 0.29) is 0 Å². The highest BCUT2D eigenvalue weighted by molar-refractivity contribution is 7.19. The van der Waals surface area contributed by atoms with Crippen LogP contribution in [-0.2, 0) is 6.42 Å². The first-order chi connectivity index (χ1) is 24.7. The van der Waals surface area contributed by atoms with E-state index in [1.54, 1.807) is 11.3 Å². The van der Waals surface area contributed by atoms with E-state index in [1.165, 1.54) is 4.70 Å². The molecular formula is C44H30N4OS. The molecule has 3 heterocycles. The van der Waals surface area contributed by atoms with Gasteiger partial charge in [0, 0.05) is 54.4 Å². The fourth-order valence-corrected chi connectivity index (χ4v) is 7.82. The van der Waals surface area contributed by atoms with Crippen molar-refractivity contribution in [2.24, 2.45) is 10.7 Å². The average Bonchev–Trinajstić information content (AvgIpc) is 3.74. The molecule has 3 aromatic heterocycles. The Morgan fingerprint density at radius 3 is 2.04 bits per heavy atom. The minimum atomic E-state index is 0.497. The highest BCUT2D eigenvalue weighted by Gasteiger charge is 2.20. The van der Waals surface area contributed by atoms with Gasteiger partial charge in [0.1, 0.15) is 17.0 Å². The number of benzene rings is 6. The number of thiophene rings is 1. The molecule has 0 fully saturated rings. The molecule has 0 atom stereocenters. The molecule has 0 aliphatic heterocycles. The maximum absolute atomic E-state index is 6.61. The van der Waals surface area contributed by atoms with Crippen molar-refractivity contribution in [2.75, 3.05) is 0 Å². The lowest BCUT2D eigenvalue weighted by Crippen LogP contribution is -2.12. The normalized spacial score (nSPS) is 11.9. The van der Waals surface area contributed by atoms with Gasteiger partial charge < -0.3 is 10.2 Å². The van der Waals surface area contributed by atoms with Crippen molar-refractivity contribution in [2.45, 2.75) is 6.42 Å². The van der Waals surface area contributed by atoms with Crippen LogP contribution in [0.5, 0.6) is 0 Å². The molecule has 0 aliphatic carbocycles. The number of hydrogen-bond acceptors (Lipinski definition) is 5. The van der Waals surface area contributed by atoms with Crippen molar-refractivity contribution >= 4 is 54.9 Å². The summed E-state index contributed by atoms with van der Waals surface area (Å²) in [6.07, 6.45) is 0.662. The minimum absolute atomic E-state index is 0.497. The van der Waals surface area contributed by atoms with Crippen molar-refractivity contribution in [1.29, 1.82) is 0 Å². The van der Waals surface area contributed by atoms with Crippen LogP contribution in [0.3, 0.4) is 0 Å². The summed E-state index contributed by atoms with van der Waals surface area (Å²) < 4.78 is 7.72. The zero-order valence-corrected chi connectivity index (χ0v) is 27.8. The smallest absolute Gasteiger partial charge is 0.160 e. The van der Waals surface area contributed by atoms with Crippen LogP contribution in [0.2, 0.25) is 0 Å². The van der Waals surface area contributed by atoms with Crippen LogP contribution < -0.4 is 5.73 Å². The monoisotopic (exact) mass is 662 g/mol. The zero-order valence-electron chi connectivity index (χ0n) is 27.0. The van der Waals surface area contributed by atoms with Gasteiger partial charge in [-0.2, -0.15) is 0 Å². The molecule has 0 radical (unpaired) electrons. The molecular weight excluding hydrogens is 633 g/mol. The van der Waals surface area contributed by atoms with Gasteiger partial charge in [0.2, 0.25) is 0 Å². The van der Waals surface area contributed by atoms with Crippen molar-refractivity contribution < 1.29 is 4.42 Å². The second-order valence-corrected chi connectivity index (χ2v) is 13.3. The molecule has 5 nitrogen and oxygen atoms in total. The van der Waals surface area contributed by atoms with Crippen molar-refractivity contribution in [3.05, 3.63) is 174 Å². The van der Waals surface area contributed by atoms with Gasteiger partial charge in [-0.3, -0.25) is 0 Å². The average molecular weight is 663 g/mol. The van der Waals surface area contributed by atoms with Gasteiger partial charge in [0.15, 0.2) is 5.82 Å². The Labute approximate surface area is 293 Å². The van der Waals surface area contributed by atoms with E-state index in [0.29, 0.717) is 18.1 Å². The number of aromatic nitrogens is 2. The first kappa shape index (κ1) is 29.7. The standard InChI is InChI=1S/C44H30N4OS/c45-43(29-16-6-2-7-17-29)48-42-33-21-10-11-25-38(33)50-39(42)26-31-20-12-23-36-40(31)41-32(22-13-24-37(41)49-36)35-27-34(28-14-4-1-5-15-28)46-44(47-35)30-18-8-3-9-19-30/h1-25,27H,26H2,(H2,45,48). The summed E-state index contributed by atoms with van der Waals surface area (Å²) in [7, 11) is 0. The Morgan fingerprint density at radius 2 is 1.26 bits per heavy atom. The van der Waals surface area contributed by atoms with E-state index in [0.717, 1.165) is 77.1 Å². The predicted molar refractivity (Wildman–Crippen MR) is 207 cm³/mol. The second kappa shape index (κ2) is 12.6. The molecule has 0 aliphatic rings. The predicted octanol–water partition coefficient (Wildman–Crippen LogP) is 11.2. The van der Waals surface area contributed by atoms with E-state index in [4.69, 9.17) is 25.1 Å². The quantitative estimate of drug-likeness (QED) is 0.136. The highest BCUT2D eigenvalue weighted by Crippen LogP contribution is 2.43. The Bertz CT molecular complexity index is 2620. The molecule has 238 valence electrons. The number of rotatable bonds is 7. The summed E-state index contributed by atoms with van der Waals surface area (Å²) >= 11 is 1.76. The lowest BCUT2D eigenvalue weighted by Gasteiger charge is -2.11. The zero-order chi connectivity index (χ0) is 33.4. The Balaban J connectivity index is 1.24. The maximum Gasteiger partial charge on any atom is 0.160 e. The molecule has 9 rings (SSSR count). The van der Waals surface area contributed by atoms with Gasteiger partial charge in [-0.1, -0.05) is 133 Å². The van der Waals surface area contributed by atoms with Gasteiger partial charge in [-0.05, 0) is 29.8 Å². The number of furan rings is 1. The topological polar surface area (TPSA) is 77.3 Å². The van der Waals surface area contributed by atoms with Crippen LogP contribution in [-0.4, -0.2) is 15.8 Å². The number of nitrogens with two attached hydrogens (primary N) is 1. The lowest BCUT2D eigenvalue weighted by molar-refractivity contribution is 0.669. The van der Waals surface area contributed by atoms with Crippen LogP contribution in [0, 0.1) is 0 Å². The van der Waals surface area contributed by atoms with Crippen LogP contribution in [0.1, 0.15) is 16.0 Å². The van der Waals surface area contributed by atoms with E-state index >= 15 is 0 Å². The second-order valence-electron chi connectivity index (χ2n) is 12.2. The Hall–Kier alpha value is -6.37. The molecule has 0 amide bonds. The minimum Gasteiger partial charge on any atom is -0.456 e. The SMILES string of the molecule is NC(=Nc1c(Cc2cccc3oc4cccc(-c5cc(-c6ccccc6)nc(-c6ccccc6)n5)c4c23)sc2ccccc12)c1ccccc1. The van der Waals surface area contributed by atoms with Gasteiger partial charge >= 0.3 is 0 Å². The Morgan fingerprint density at radius 1 is 0.620 bits per heavy atom.